The van der Waals surface area contributed by atoms with Gasteiger partial charge in [0, 0.05) is 12.8 Å². The lowest BCUT2D eigenvalue weighted by Crippen LogP contribution is -2.29. The van der Waals surface area contributed by atoms with Crippen molar-refractivity contribution < 1.29 is 47.8 Å². The number of carbonyl (C=O) groups is 2. The van der Waals surface area contributed by atoms with Crippen molar-refractivity contribution in [2.45, 2.75) is 270 Å². The summed E-state index contributed by atoms with van der Waals surface area (Å²) in [6.45, 7) is 2.39. The van der Waals surface area contributed by atoms with E-state index in [-0.39, 0.29) is 19.4 Å². The Balaban J connectivity index is 4.16. The van der Waals surface area contributed by atoms with Crippen LogP contribution in [0.5, 0.6) is 0 Å². The van der Waals surface area contributed by atoms with E-state index in [1.54, 1.807) is 0 Å². The molecule has 0 aliphatic rings. The van der Waals surface area contributed by atoms with Crippen LogP contribution in [0.25, 0.3) is 0 Å². The van der Waals surface area contributed by atoms with E-state index in [9.17, 15) is 24.2 Å². The van der Waals surface area contributed by atoms with Gasteiger partial charge in [0.05, 0.1) is 19.8 Å². The average Bonchev–Trinajstić information content (AvgIpc) is 3.27. The van der Waals surface area contributed by atoms with Crippen LogP contribution in [0.15, 0.2) is 24.3 Å². The van der Waals surface area contributed by atoms with Crippen molar-refractivity contribution in [2.75, 3.05) is 26.4 Å². The fourth-order valence-corrected chi connectivity index (χ4v) is 8.31. The summed E-state index contributed by atoms with van der Waals surface area (Å²) in [6, 6.07) is 0. The molecule has 0 saturated heterocycles. The highest BCUT2D eigenvalue weighted by atomic mass is 31.2. The van der Waals surface area contributed by atoms with Gasteiger partial charge in [0.15, 0.2) is 6.10 Å². The molecule has 63 heavy (non-hydrogen) atoms. The summed E-state index contributed by atoms with van der Waals surface area (Å²) >= 11 is 0. The van der Waals surface area contributed by atoms with Crippen molar-refractivity contribution >= 4 is 19.8 Å². The molecule has 0 saturated carbocycles. The van der Waals surface area contributed by atoms with Crippen LogP contribution in [0.2, 0.25) is 0 Å². The first kappa shape index (κ1) is 61.5. The van der Waals surface area contributed by atoms with Crippen LogP contribution in [0, 0.1) is 0 Å². The summed E-state index contributed by atoms with van der Waals surface area (Å²) in [5.41, 5.74) is 0. The molecule has 1 unspecified atom stereocenters. The summed E-state index contributed by atoms with van der Waals surface area (Å²) < 4.78 is 32.8. The Hall–Kier alpha value is -1.55. The number of phosphoric acid groups is 1. The fourth-order valence-electron chi connectivity index (χ4n) is 7.52. The highest BCUT2D eigenvalue weighted by Crippen LogP contribution is 2.43. The van der Waals surface area contributed by atoms with Gasteiger partial charge in [-0.3, -0.25) is 18.6 Å². The average molecular weight is 915 g/mol. The zero-order chi connectivity index (χ0) is 46.2. The predicted molar refractivity (Wildman–Crippen MR) is 261 cm³/mol. The summed E-state index contributed by atoms with van der Waals surface area (Å²) in [6.07, 6.45) is 51.6. The highest BCUT2D eigenvalue weighted by Gasteiger charge is 2.27. The number of ether oxygens (including phenoxy) is 2. The Morgan fingerprint density at radius 1 is 0.460 bits per heavy atom. The van der Waals surface area contributed by atoms with Crippen molar-refractivity contribution in [1.29, 1.82) is 0 Å². The third-order valence-electron chi connectivity index (χ3n) is 11.6. The molecule has 0 aromatic rings. The van der Waals surface area contributed by atoms with E-state index >= 15 is 0 Å². The number of esters is 2. The SMILES string of the molecule is CCCCCC/C=C/CCCCCCCCCCCC(=O)OC[C@H](COP(=O)(O)OC[C@@H](O)CO)OC(=O)CCC/C=C/CCCCCCCCCCCCCCCCCCCC. The molecule has 0 rings (SSSR count). The molecule has 0 aromatic carbocycles. The first-order chi connectivity index (χ1) is 30.7. The van der Waals surface area contributed by atoms with Crippen LogP contribution in [-0.4, -0.2) is 65.7 Å². The Labute approximate surface area is 387 Å². The Bertz CT molecular complexity index is 1100. The second-order valence-electron chi connectivity index (χ2n) is 17.9. The maximum Gasteiger partial charge on any atom is 0.472 e. The third-order valence-corrected chi connectivity index (χ3v) is 12.5. The summed E-state index contributed by atoms with van der Waals surface area (Å²) in [4.78, 5) is 35.2. The molecule has 0 radical (unpaired) electrons. The number of carbonyl (C=O) groups excluding carboxylic acids is 2. The maximum atomic E-state index is 12.7. The molecular formula is C52H99O10P. The minimum absolute atomic E-state index is 0.139. The number of phosphoric ester groups is 1. The smallest absolute Gasteiger partial charge is 0.462 e. The van der Waals surface area contributed by atoms with Crippen LogP contribution >= 0.6 is 7.82 Å². The molecule has 0 spiro atoms. The van der Waals surface area contributed by atoms with Gasteiger partial charge in [-0.25, -0.2) is 4.57 Å². The van der Waals surface area contributed by atoms with E-state index in [1.807, 2.05) is 0 Å². The van der Waals surface area contributed by atoms with Crippen LogP contribution < -0.4 is 0 Å². The molecule has 0 heterocycles. The zero-order valence-corrected chi connectivity index (χ0v) is 41.7. The lowest BCUT2D eigenvalue weighted by molar-refractivity contribution is -0.161. The number of rotatable bonds is 50. The lowest BCUT2D eigenvalue weighted by atomic mass is 10.0. The van der Waals surface area contributed by atoms with Gasteiger partial charge in [0.2, 0.25) is 0 Å². The van der Waals surface area contributed by atoms with E-state index in [1.165, 1.54) is 186 Å². The van der Waals surface area contributed by atoms with Crippen LogP contribution in [0.1, 0.15) is 258 Å². The zero-order valence-electron chi connectivity index (χ0n) is 40.8. The number of unbranched alkanes of at least 4 members (excludes halogenated alkanes) is 32. The van der Waals surface area contributed by atoms with E-state index in [0.29, 0.717) is 12.8 Å². The molecule has 3 atom stereocenters. The van der Waals surface area contributed by atoms with Gasteiger partial charge in [-0.2, -0.15) is 0 Å². The third kappa shape index (κ3) is 48.2. The molecule has 3 N–H and O–H groups in total. The normalized spacial score (nSPS) is 13.8. The van der Waals surface area contributed by atoms with Crippen LogP contribution in [0.4, 0.5) is 0 Å². The first-order valence-corrected chi connectivity index (χ1v) is 27.8. The molecule has 11 heteroatoms. The predicted octanol–water partition coefficient (Wildman–Crippen LogP) is 14.9. The monoisotopic (exact) mass is 915 g/mol. The molecule has 10 nitrogen and oxygen atoms in total. The lowest BCUT2D eigenvalue weighted by Gasteiger charge is -2.20. The second kappa shape index (κ2) is 48.4. The van der Waals surface area contributed by atoms with Crippen LogP contribution in [-0.2, 0) is 32.7 Å². The van der Waals surface area contributed by atoms with Gasteiger partial charge in [-0.05, 0) is 57.8 Å². The molecular weight excluding hydrogens is 816 g/mol. The van der Waals surface area contributed by atoms with E-state index in [4.69, 9.17) is 23.6 Å². The van der Waals surface area contributed by atoms with Crippen molar-refractivity contribution in [3.63, 3.8) is 0 Å². The van der Waals surface area contributed by atoms with E-state index < -0.39 is 51.8 Å². The molecule has 0 aliphatic carbocycles. The van der Waals surface area contributed by atoms with E-state index in [0.717, 1.165) is 32.1 Å². The topological polar surface area (TPSA) is 149 Å². The van der Waals surface area contributed by atoms with Crippen LogP contribution in [0.3, 0.4) is 0 Å². The van der Waals surface area contributed by atoms with Crippen molar-refractivity contribution in [2.24, 2.45) is 0 Å². The molecule has 0 aromatic heterocycles. The highest BCUT2D eigenvalue weighted by molar-refractivity contribution is 7.47. The van der Waals surface area contributed by atoms with Gasteiger partial charge < -0.3 is 24.6 Å². The van der Waals surface area contributed by atoms with Gasteiger partial charge in [0.25, 0.3) is 0 Å². The molecule has 372 valence electrons. The van der Waals surface area contributed by atoms with Crippen molar-refractivity contribution in [1.82, 2.24) is 0 Å². The number of hydrogen-bond acceptors (Lipinski definition) is 9. The van der Waals surface area contributed by atoms with Gasteiger partial charge in [-0.1, -0.05) is 212 Å². The molecule has 0 fully saturated rings. The Kier molecular flexibility index (Phi) is 47.2. The van der Waals surface area contributed by atoms with Gasteiger partial charge in [0.1, 0.15) is 12.7 Å². The second-order valence-corrected chi connectivity index (χ2v) is 19.3. The number of aliphatic hydroxyl groups is 2. The van der Waals surface area contributed by atoms with Gasteiger partial charge >= 0.3 is 19.8 Å². The number of allylic oxidation sites excluding steroid dienone is 4. The summed E-state index contributed by atoms with van der Waals surface area (Å²) in [7, 11) is -4.63. The van der Waals surface area contributed by atoms with Gasteiger partial charge in [-0.15, -0.1) is 0 Å². The quantitative estimate of drug-likeness (QED) is 0.0233. The van der Waals surface area contributed by atoms with Crippen molar-refractivity contribution in [3.05, 3.63) is 24.3 Å². The maximum absolute atomic E-state index is 12.7. The molecule has 0 bridgehead atoms. The number of hydrogen-bond donors (Lipinski definition) is 3. The van der Waals surface area contributed by atoms with Crippen molar-refractivity contribution in [3.8, 4) is 0 Å². The summed E-state index contributed by atoms with van der Waals surface area (Å²) in [5, 5.41) is 18.4. The first-order valence-electron chi connectivity index (χ1n) is 26.3. The fraction of sp³-hybridized carbons (Fsp3) is 0.885. The largest absolute Gasteiger partial charge is 0.472 e. The molecule has 0 aliphatic heterocycles. The minimum atomic E-state index is -4.63. The Morgan fingerprint density at radius 2 is 0.794 bits per heavy atom. The molecule has 0 amide bonds. The summed E-state index contributed by atoms with van der Waals surface area (Å²) in [5.74, 6) is -0.952. The number of aliphatic hydroxyl groups excluding tert-OH is 2. The standard InChI is InChI=1S/C52H99O10P/c1-3-5-7-9-11-13-15-17-19-21-22-23-24-25-26-28-30-32-34-36-38-40-42-44-52(56)62-50(48-61-63(57,58)60-46-49(54)45-53)47-59-51(55)43-41-39-37-35-33-31-29-27-20-18-16-14-12-10-8-6-4-2/h14,16,36,38,49-50,53-54H,3-13,15,17-35,37,39-48H2,1-2H3,(H,57,58)/b16-14+,38-36+/t49-,50+/m0/s1. The minimum Gasteiger partial charge on any atom is -0.462 e. The van der Waals surface area contributed by atoms with E-state index in [2.05, 4.69) is 38.2 Å². The Morgan fingerprint density at radius 3 is 1.21 bits per heavy atom.